The van der Waals surface area contributed by atoms with Crippen LogP contribution in [0.2, 0.25) is 5.02 Å². The minimum absolute atomic E-state index is 0.0860. The first-order chi connectivity index (χ1) is 16.8. The molecule has 1 heterocycles. The number of rotatable bonds is 8. The molecule has 2 fully saturated rings. The van der Waals surface area contributed by atoms with E-state index in [4.69, 9.17) is 17.3 Å². The van der Waals surface area contributed by atoms with Crippen LogP contribution in [0, 0.1) is 0 Å². The smallest absolute Gasteiger partial charge is 0.404 e. The Morgan fingerprint density at radius 2 is 1.92 bits per heavy atom. The van der Waals surface area contributed by atoms with Crippen molar-refractivity contribution in [1.29, 1.82) is 0 Å². The van der Waals surface area contributed by atoms with E-state index >= 15 is 0 Å². The van der Waals surface area contributed by atoms with E-state index in [1.807, 2.05) is 0 Å². The molecule has 14 heteroatoms. The number of aliphatic imine (C=N–C) groups is 1. The van der Waals surface area contributed by atoms with E-state index in [2.05, 4.69) is 15.4 Å². The molecule has 2 saturated carbocycles. The van der Waals surface area contributed by atoms with Crippen LogP contribution in [-0.4, -0.2) is 43.6 Å². The van der Waals surface area contributed by atoms with Crippen molar-refractivity contribution in [3.8, 4) is 0 Å². The molecule has 1 amide bonds. The third kappa shape index (κ3) is 5.17. The molecule has 7 nitrogen and oxygen atoms in total. The number of carbonyl (C=O) groups is 1. The predicted molar refractivity (Wildman–Crippen MR) is 125 cm³/mol. The fourth-order valence-electron chi connectivity index (χ4n) is 3.33. The van der Waals surface area contributed by atoms with E-state index in [0.29, 0.717) is 18.4 Å². The Morgan fingerprint density at radius 3 is 2.47 bits per heavy atom. The normalized spacial score (nSPS) is 18.0. The van der Waals surface area contributed by atoms with Crippen LogP contribution in [0.4, 0.5) is 27.8 Å². The van der Waals surface area contributed by atoms with Crippen LogP contribution in [-0.2, 0) is 23.8 Å². The molecule has 1 atom stereocenters. The molecule has 3 N–H and O–H groups in total. The maximum atomic E-state index is 14.3. The quantitative estimate of drug-likeness (QED) is 0.371. The minimum Gasteiger partial charge on any atom is -0.404 e. The Morgan fingerprint density at radius 1 is 1.25 bits per heavy atom. The van der Waals surface area contributed by atoms with Crippen LogP contribution in [0.15, 0.2) is 34.3 Å². The number of nitrogens with zero attached hydrogens (tertiary/aromatic N) is 3. The minimum atomic E-state index is -5.94. The molecule has 4 rings (SSSR count). The molecule has 0 spiro atoms. The average molecular weight is 550 g/mol. The summed E-state index contributed by atoms with van der Waals surface area (Å²) < 4.78 is 81.5. The topological polar surface area (TPSA) is 102 Å². The average Bonchev–Trinajstić information content (AvgIpc) is 3.73. The van der Waals surface area contributed by atoms with Gasteiger partial charge in [0.1, 0.15) is 4.90 Å². The number of halogens is 6. The number of alkyl halides is 5. The molecule has 0 radical (unpaired) electrons. The molecule has 36 heavy (non-hydrogen) atoms. The van der Waals surface area contributed by atoms with E-state index < -0.39 is 44.6 Å². The van der Waals surface area contributed by atoms with Gasteiger partial charge in [0, 0.05) is 36.3 Å². The van der Waals surface area contributed by atoms with Gasteiger partial charge in [-0.15, -0.1) is 0 Å². The number of nitrogens with two attached hydrogens (primary N) is 1. The Kier molecular flexibility index (Phi) is 6.99. The Labute approximate surface area is 210 Å². The van der Waals surface area contributed by atoms with Crippen molar-refractivity contribution in [3.05, 3.63) is 46.2 Å². The number of carbonyl (C=O) groups excluding carboxylic acids is 1. The highest BCUT2D eigenvalue weighted by Crippen LogP contribution is 2.48. The zero-order valence-corrected chi connectivity index (χ0v) is 20.4. The van der Waals surface area contributed by atoms with Gasteiger partial charge in [0.25, 0.3) is 5.91 Å². The number of aryl methyl sites for hydroxylation is 1. The third-order valence-electron chi connectivity index (χ3n) is 5.62. The van der Waals surface area contributed by atoms with Crippen molar-refractivity contribution >= 4 is 45.9 Å². The molecule has 0 saturated heterocycles. The van der Waals surface area contributed by atoms with Gasteiger partial charge in [-0.2, -0.15) is 27.1 Å². The van der Waals surface area contributed by atoms with Crippen LogP contribution in [0.25, 0.3) is 5.57 Å². The van der Waals surface area contributed by atoms with Crippen molar-refractivity contribution in [1.82, 2.24) is 15.1 Å². The molecule has 2 aromatic rings. The number of nitrogens with one attached hydrogen (secondary N) is 1. The monoisotopic (exact) mass is 549 g/mol. The van der Waals surface area contributed by atoms with E-state index in [0.717, 1.165) is 37.0 Å². The highest BCUT2D eigenvalue weighted by atomic mass is 35.5. The second kappa shape index (κ2) is 9.58. The summed E-state index contributed by atoms with van der Waals surface area (Å²) in [4.78, 5) is 15.8. The lowest BCUT2D eigenvalue weighted by Crippen LogP contribution is -2.35. The van der Waals surface area contributed by atoms with Gasteiger partial charge in [-0.05, 0) is 43.4 Å². The summed E-state index contributed by atoms with van der Waals surface area (Å²) in [6, 6.07) is 4.55. The summed E-state index contributed by atoms with van der Waals surface area (Å²) in [6.45, 7) is 0. The van der Waals surface area contributed by atoms with Gasteiger partial charge in [0.05, 0.1) is 21.4 Å². The van der Waals surface area contributed by atoms with Gasteiger partial charge in [-0.1, -0.05) is 17.7 Å². The molecule has 1 aromatic carbocycles. The maximum Gasteiger partial charge on any atom is 0.459 e. The van der Waals surface area contributed by atoms with Crippen molar-refractivity contribution in [3.63, 3.8) is 0 Å². The van der Waals surface area contributed by atoms with E-state index in [1.165, 1.54) is 18.2 Å². The maximum absolute atomic E-state index is 14.3. The van der Waals surface area contributed by atoms with Gasteiger partial charge in [-0.25, -0.2) is 9.67 Å². The molecule has 194 valence electrons. The Hall–Kier alpha value is -2.80. The van der Waals surface area contributed by atoms with Gasteiger partial charge in [0.15, 0.2) is 11.5 Å². The molecule has 1 unspecified atom stereocenters. The number of hydrogen-bond acceptors (Lipinski definition) is 5. The van der Waals surface area contributed by atoms with Crippen molar-refractivity contribution < 1.29 is 31.0 Å². The van der Waals surface area contributed by atoms with Crippen LogP contribution in [0.5, 0.6) is 0 Å². The van der Waals surface area contributed by atoms with Gasteiger partial charge in [0.2, 0.25) is 0 Å². The van der Waals surface area contributed by atoms with Gasteiger partial charge < -0.3 is 11.1 Å². The van der Waals surface area contributed by atoms with Crippen LogP contribution in [0.3, 0.4) is 0 Å². The standard InChI is InChI=1S/C22H21ClF5N5O2S/c1-33-19(17(36(35)14-5-6-14)18(32-33)21(24,25)22(26,27)28)30-10-12(9-29)11-2-7-16(23)15(8-11)20(34)31-13-3-4-13/h2,7-10,13-14H,3-6,29H2,1H3,(H,31,34). The second-order valence-electron chi connectivity index (χ2n) is 8.52. The van der Waals surface area contributed by atoms with E-state index in [-0.39, 0.29) is 28.1 Å². The fourth-order valence-corrected chi connectivity index (χ4v) is 5.15. The zero-order valence-electron chi connectivity index (χ0n) is 18.8. The Balaban J connectivity index is 1.72. The van der Waals surface area contributed by atoms with E-state index in [9.17, 15) is 31.0 Å². The molecule has 2 aliphatic rings. The molecule has 0 bridgehead atoms. The number of aromatic nitrogens is 2. The fraction of sp³-hybridized carbons (Fsp3) is 0.409. The lowest BCUT2D eigenvalue weighted by molar-refractivity contribution is -0.292. The second-order valence-corrected chi connectivity index (χ2v) is 10.6. The number of hydrogen-bond donors (Lipinski definition) is 2. The zero-order chi connectivity index (χ0) is 26.4. The van der Waals surface area contributed by atoms with Crippen molar-refractivity contribution in [2.24, 2.45) is 17.8 Å². The summed E-state index contributed by atoms with van der Waals surface area (Å²) in [5, 5.41) is 5.80. The third-order valence-corrected chi connectivity index (χ3v) is 7.80. The number of amides is 1. The lowest BCUT2D eigenvalue weighted by Gasteiger charge is -2.18. The highest BCUT2D eigenvalue weighted by molar-refractivity contribution is 7.86. The van der Waals surface area contributed by atoms with Gasteiger partial charge >= 0.3 is 12.1 Å². The van der Waals surface area contributed by atoms with Crippen LogP contribution >= 0.6 is 11.6 Å². The first kappa shape index (κ1) is 26.3. The molecular weight excluding hydrogens is 529 g/mol. The predicted octanol–water partition coefficient (Wildman–Crippen LogP) is 4.59. The summed E-state index contributed by atoms with van der Waals surface area (Å²) in [6.07, 6.45) is -1.12. The largest absolute Gasteiger partial charge is 0.459 e. The summed E-state index contributed by atoms with van der Waals surface area (Å²) >= 11 is 6.16. The van der Waals surface area contributed by atoms with E-state index in [1.54, 1.807) is 0 Å². The molecule has 0 aliphatic heterocycles. The Bertz CT molecular complexity index is 1280. The summed E-state index contributed by atoms with van der Waals surface area (Å²) in [5.74, 6) is -6.13. The van der Waals surface area contributed by atoms with Crippen LogP contribution in [0.1, 0.15) is 47.3 Å². The van der Waals surface area contributed by atoms with Gasteiger partial charge in [-0.3, -0.25) is 9.00 Å². The summed E-state index contributed by atoms with van der Waals surface area (Å²) in [7, 11) is -1.05. The molecule has 2 aliphatic carbocycles. The van der Waals surface area contributed by atoms with Crippen molar-refractivity contribution in [2.75, 3.05) is 0 Å². The SMILES string of the molecule is Cn1nc(C(F)(F)C(F)(F)F)c(S(=O)C2CC2)c1N=CC(=CN)c1ccc(Cl)c(C(=O)NC2CC2)c1. The van der Waals surface area contributed by atoms with Crippen molar-refractivity contribution in [2.45, 2.75) is 54.0 Å². The molecular formula is C22H21ClF5N5O2S. The number of allylic oxidation sites excluding steroid dienone is 1. The van der Waals surface area contributed by atoms with Crippen LogP contribution < -0.4 is 11.1 Å². The lowest BCUT2D eigenvalue weighted by atomic mass is 10.0. The summed E-state index contributed by atoms with van der Waals surface area (Å²) in [5.41, 5.74) is 4.85. The highest BCUT2D eigenvalue weighted by Gasteiger charge is 2.62. The number of benzene rings is 1. The first-order valence-electron chi connectivity index (χ1n) is 10.8. The first-order valence-corrected chi connectivity index (χ1v) is 12.4. The molecule has 1 aromatic heterocycles.